The van der Waals surface area contributed by atoms with Crippen LogP contribution in [0, 0.1) is 11.8 Å². The van der Waals surface area contributed by atoms with Crippen LogP contribution in [0.25, 0.3) is 0 Å². The molecule has 2 atom stereocenters. The van der Waals surface area contributed by atoms with Crippen LogP contribution in [0.3, 0.4) is 0 Å². The Hall–Kier alpha value is -2.66. The highest BCUT2D eigenvalue weighted by Gasteiger charge is 2.25. The summed E-state index contributed by atoms with van der Waals surface area (Å²) in [5, 5.41) is 5.81. The Bertz CT molecular complexity index is 977. The largest absolute Gasteiger partial charge is 0.382 e. The number of nitrogens with two attached hydrogens (primary N) is 1. The number of ketones is 2. The molecule has 224 valence electrons. The minimum absolute atomic E-state index is 0.0164. The number of piperidine rings is 2. The topological polar surface area (TPSA) is 140 Å². The number of hydrogen-bond acceptors (Lipinski definition) is 9. The molecule has 0 radical (unpaired) electrons. The van der Waals surface area contributed by atoms with E-state index in [0.29, 0.717) is 56.9 Å². The Morgan fingerprint density at radius 2 is 1.77 bits per heavy atom. The second-order valence-electron chi connectivity index (χ2n) is 10.6. The van der Waals surface area contributed by atoms with Crippen LogP contribution in [0.1, 0.15) is 80.5 Å². The zero-order valence-electron chi connectivity index (χ0n) is 24.6. The van der Waals surface area contributed by atoms with Crippen molar-refractivity contribution in [2.75, 3.05) is 57.9 Å². The molecular formula is C30H48N4O6. The molecule has 0 aliphatic carbocycles. The van der Waals surface area contributed by atoms with Crippen LogP contribution in [0.2, 0.25) is 0 Å². The zero-order chi connectivity index (χ0) is 29.5. The number of carbonyl (C=O) groups excluding carboxylic acids is 4. The van der Waals surface area contributed by atoms with Crippen LogP contribution in [0.15, 0.2) is 18.2 Å². The highest BCUT2D eigenvalue weighted by atomic mass is 16.5. The fourth-order valence-corrected chi connectivity index (χ4v) is 4.58. The van der Waals surface area contributed by atoms with Crippen LogP contribution in [0.4, 0.5) is 5.69 Å². The van der Waals surface area contributed by atoms with Gasteiger partial charge in [-0.1, -0.05) is 32.9 Å². The number of carbonyl (C=O) groups is 4. The number of rotatable bonds is 14. The molecule has 2 saturated heterocycles. The molecule has 0 aromatic heterocycles. The van der Waals surface area contributed by atoms with E-state index in [2.05, 4.69) is 15.5 Å². The van der Waals surface area contributed by atoms with Crippen molar-refractivity contribution in [1.29, 1.82) is 0 Å². The van der Waals surface area contributed by atoms with E-state index >= 15 is 0 Å². The highest BCUT2D eigenvalue weighted by Crippen LogP contribution is 2.27. The smallest absolute Gasteiger partial charge is 0.229 e. The van der Waals surface area contributed by atoms with Gasteiger partial charge < -0.3 is 25.4 Å². The molecular weight excluding hydrogens is 512 g/mol. The van der Waals surface area contributed by atoms with E-state index in [0.717, 1.165) is 44.6 Å². The summed E-state index contributed by atoms with van der Waals surface area (Å²) in [7, 11) is 0. The molecule has 10 nitrogen and oxygen atoms in total. The van der Waals surface area contributed by atoms with Crippen molar-refractivity contribution in [3.63, 3.8) is 0 Å². The van der Waals surface area contributed by atoms with Crippen molar-refractivity contribution in [3.8, 4) is 0 Å². The molecule has 2 aliphatic heterocycles. The number of ether oxygens (including phenoxy) is 2. The van der Waals surface area contributed by atoms with Crippen molar-refractivity contribution in [1.82, 2.24) is 10.2 Å². The lowest BCUT2D eigenvalue weighted by atomic mass is 9.90. The molecule has 0 bridgehead atoms. The third kappa shape index (κ3) is 11.1. The molecule has 1 aromatic carbocycles. The second-order valence-corrected chi connectivity index (χ2v) is 10.6. The number of hydrogen-bond donors (Lipinski definition) is 3. The molecule has 4 N–H and O–H groups in total. The summed E-state index contributed by atoms with van der Waals surface area (Å²) in [5.74, 6) is -0.393. The van der Waals surface area contributed by atoms with Gasteiger partial charge in [0, 0.05) is 61.7 Å². The van der Waals surface area contributed by atoms with Gasteiger partial charge in [-0.25, -0.2) is 0 Å². The minimum atomic E-state index is -0.141. The SMILES string of the molecule is CC1CCC(=O)NC1=O.CCC(C)C(=O)c1c(NC2CCN(CCOCCOCCN)CC2)cccc1C(C)=O. The van der Waals surface area contributed by atoms with Gasteiger partial charge >= 0.3 is 0 Å². The minimum Gasteiger partial charge on any atom is -0.382 e. The van der Waals surface area contributed by atoms with Crippen LogP contribution < -0.4 is 16.4 Å². The number of amides is 2. The number of nitrogens with zero attached hydrogens (tertiary/aromatic N) is 1. The van der Waals surface area contributed by atoms with Gasteiger partial charge in [-0.05, 0) is 38.7 Å². The number of imide groups is 1. The lowest BCUT2D eigenvalue weighted by Gasteiger charge is -2.33. The second kappa shape index (κ2) is 17.9. The Morgan fingerprint density at radius 1 is 1.10 bits per heavy atom. The van der Waals surface area contributed by atoms with Gasteiger partial charge in [-0.2, -0.15) is 0 Å². The third-order valence-corrected chi connectivity index (χ3v) is 7.40. The molecule has 10 heteroatoms. The zero-order valence-corrected chi connectivity index (χ0v) is 24.6. The Morgan fingerprint density at radius 3 is 2.35 bits per heavy atom. The van der Waals surface area contributed by atoms with E-state index < -0.39 is 0 Å². The predicted octanol–water partition coefficient (Wildman–Crippen LogP) is 3.05. The maximum Gasteiger partial charge on any atom is 0.229 e. The summed E-state index contributed by atoms with van der Waals surface area (Å²) >= 11 is 0. The average Bonchev–Trinajstić information content (AvgIpc) is 2.95. The van der Waals surface area contributed by atoms with Crippen molar-refractivity contribution < 1.29 is 28.7 Å². The predicted molar refractivity (Wildman–Crippen MR) is 156 cm³/mol. The van der Waals surface area contributed by atoms with Crippen LogP contribution >= 0.6 is 0 Å². The molecule has 3 rings (SSSR count). The van der Waals surface area contributed by atoms with Gasteiger partial charge in [0.05, 0.1) is 32.0 Å². The van der Waals surface area contributed by atoms with E-state index in [9.17, 15) is 19.2 Å². The van der Waals surface area contributed by atoms with Crippen molar-refractivity contribution in [2.45, 2.75) is 65.8 Å². The molecule has 2 unspecified atom stereocenters. The molecule has 2 heterocycles. The van der Waals surface area contributed by atoms with Crippen LogP contribution in [0.5, 0.6) is 0 Å². The summed E-state index contributed by atoms with van der Waals surface area (Å²) in [6.45, 7) is 13.1. The molecule has 0 saturated carbocycles. The van der Waals surface area contributed by atoms with Gasteiger partial charge in [-0.15, -0.1) is 0 Å². The first kappa shape index (κ1) is 33.5. The molecule has 1 aromatic rings. The van der Waals surface area contributed by atoms with Gasteiger partial charge in [0.2, 0.25) is 11.8 Å². The van der Waals surface area contributed by atoms with Crippen molar-refractivity contribution >= 4 is 29.1 Å². The number of nitrogens with one attached hydrogen (secondary N) is 2. The summed E-state index contributed by atoms with van der Waals surface area (Å²) in [5.41, 5.74) is 7.24. The van der Waals surface area contributed by atoms with E-state index in [-0.39, 0.29) is 41.3 Å². The van der Waals surface area contributed by atoms with Crippen LogP contribution in [-0.4, -0.2) is 86.9 Å². The molecule has 2 aliphatic rings. The summed E-state index contributed by atoms with van der Waals surface area (Å²) in [6, 6.07) is 5.82. The monoisotopic (exact) mass is 560 g/mol. The lowest BCUT2D eigenvalue weighted by molar-refractivity contribution is -0.135. The average molecular weight is 561 g/mol. The third-order valence-electron chi connectivity index (χ3n) is 7.40. The van der Waals surface area contributed by atoms with Crippen molar-refractivity contribution in [3.05, 3.63) is 29.3 Å². The highest BCUT2D eigenvalue weighted by molar-refractivity contribution is 6.12. The van der Waals surface area contributed by atoms with E-state index in [1.54, 1.807) is 6.07 Å². The number of Topliss-reactive ketones (excluding diaryl/α,β-unsaturated/α-hetero) is 2. The van der Waals surface area contributed by atoms with Gasteiger partial charge in [-0.3, -0.25) is 24.5 Å². The normalized spacial score (nSPS) is 18.9. The molecule has 2 amide bonds. The summed E-state index contributed by atoms with van der Waals surface area (Å²) in [4.78, 5) is 48.7. The fourth-order valence-electron chi connectivity index (χ4n) is 4.58. The van der Waals surface area contributed by atoms with E-state index in [1.807, 2.05) is 32.9 Å². The Kier molecular flexibility index (Phi) is 15.0. The fraction of sp³-hybridized carbons (Fsp3) is 0.667. The van der Waals surface area contributed by atoms with Crippen LogP contribution in [-0.2, 0) is 19.1 Å². The van der Waals surface area contributed by atoms with E-state index in [1.165, 1.54) is 6.92 Å². The van der Waals surface area contributed by atoms with Gasteiger partial charge in [0.1, 0.15) is 0 Å². The molecule has 2 fully saturated rings. The summed E-state index contributed by atoms with van der Waals surface area (Å²) in [6.07, 6.45) is 3.92. The lowest BCUT2D eigenvalue weighted by Crippen LogP contribution is -2.40. The maximum absolute atomic E-state index is 13.0. The van der Waals surface area contributed by atoms with Gasteiger partial charge in [0.15, 0.2) is 11.6 Å². The Labute approximate surface area is 238 Å². The number of anilines is 1. The first-order valence-corrected chi connectivity index (χ1v) is 14.5. The molecule has 0 spiro atoms. The number of likely N-dealkylation sites (tertiary alicyclic amines) is 1. The first-order chi connectivity index (χ1) is 19.2. The standard InChI is InChI=1S/C24H39N3O4.C6H9NO2/c1-4-18(2)24(29)23-21(19(3)28)6-5-7-22(23)26-20-8-11-27(12-9-20)13-15-31-17-16-30-14-10-25;1-4-2-3-5(8)7-6(4)9/h5-7,18,20,26H,4,8-17,25H2,1-3H3;4H,2-3H2,1H3,(H,7,8,9). The van der Waals surface area contributed by atoms with E-state index in [4.69, 9.17) is 15.2 Å². The Balaban J connectivity index is 0.000000526. The maximum atomic E-state index is 13.0. The number of benzene rings is 1. The van der Waals surface area contributed by atoms with Gasteiger partial charge in [0.25, 0.3) is 0 Å². The first-order valence-electron chi connectivity index (χ1n) is 14.5. The molecule has 40 heavy (non-hydrogen) atoms. The van der Waals surface area contributed by atoms with Crippen molar-refractivity contribution in [2.24, 2.45) is 17.6 Å². The summed E-state index contributed by atoms with van der Waals surface area (Å²) < 4.78 is 10.9. The quantitative estimate of drug-likeness (QED) is 0.178.